The number of ether oxygens (including phenoxy) is 1. The van der Waals surface area contributed by atoms with Gasteiger partial charge >= 0.3 is 0 Å². The first-order chi connectivity index (χ1) is 6.85. The van der Waals surface area contributed by atoms with Crippen LogP contribution < -0.4 is 5.32 Å². The molecule has 1 heterocycles. The third kappa shape index (κ3) is 2.16. The van der Waals surface area contributed by atoms with Crippen molar-refractivity contribution in [1.29, 1.82) is 0 Å². The Morgan fingerprint density at radius 1 is 1.50 bits per heavy atom. The van der Waals surface area contributed by atoms with Crippen LogP contribution in [0, 0.1) is 0 Å². The maximum absolute atomic E-state index is 9.25. The van der Waals surface area contributed by atoms with Crippen LogP contribution in [0.3, 0.4) is 0 Å². The average molecular weight is 197 g/mol. The van der Waals surface area contributed by atoms with Gasteiger partial charge in [0.05, 0.1) is 19.8 Å². The van der Waals surface area contributed by atoms with Crippen LogP contribution in [0.5, 0.6) is 0 Å². The summed E-state index contributed by atoms with van der Waals surface area (Å²) in [6, 6.07) is 0. The summed E-state index contributed by atoms with van der Waals surface area (Å²) in [5.74, 6) is 0. The standard InChI is InChI=1S/C11H19NO2/c13-9-11(4-2-5-11)12-7-10-3-1-6-14-8-10/h3,12-13H,1-2,4-9H2. The Morgan fingerprint density at radius 2 is 2.36 bits per heavy atom. The van der Waals surface area contributed by atoms with Crippen LogP contribution >= 0.6 is 0 Å². The van der Waals surface area contributed by atoms with Crippen molar-refractivity contribution in [3.8, 4) is 0 Å². The summed E-state index contributed by atoms with van der Waals surface area (Å²) in [6.45, 7) is 2.75. The lowest BCUT2D eigenvalue weighted by Gasteiger charge is -2.41. The highest BCUT2D eigenvalue weighted by Gasteiger charge is 2.35. The zero-order chi connectivity index (χ0) is 9.86. The van der Waals surface area contributed by atoms with Crippen LogP contribution in [-0.4, -0.2) is 37.0 Å². The molecular formula is C11H19NO2. The van der Waals surface area contributed by atoms with Crippen LogP contribution in [0.2, 0.25) is 0 Å². The summed E-state index contributed by atoms with van der Waals surface area (Å²) in [6.07, 6.45) is 6.74. The molecule has 0 aromatic rings. The third-order valence-corrected chi connectivity index (χ3v) is 3.29. The minimum Gasteiger partial charge on any atom is -0.394 e. The van der Waals surface area contributed by atoms with Gasteiger partial charge in [-0.2, -0.15) is 0 Å². The molecule has 0 unspecified atom stereocenters. The van der Waals surface area contributed by atoms with E-state index >= 15 is 0 Å². The highest BCUT2D eigenvalue weighted by atomic mass is 16.5. The lowest BCUT2D eigenvalue weighted by Crippen LogP contribution is -2.54. The maximum Gasteiger partial charge on any atom is 0.0689 e. The van der Waals surface area contributed by atoms with E-state index in [-0.39, 0.29) is 12.1 Å². The van der Waals surface area contributed by atoms with Crippen molar-refractivity contribution in [2.24, 2.45) is 0 Å². The fourth-order valence-electron chi connectivity index (χ4n) is 2.03. The Bertz CT molecular complexity index is 216. The maximum atomic E-state index is 9.25. The molecule has 0 aromatic heterocycles. The molecule has 2 N–H and O–H groups in total. The summed E-state index contributed by atoms with van der Waals surface area (Å²) >= 11 is 0. The van der Waals surface area contributed by atoms with Crippen LogP contribution in [-0.2, 0) is 4.74 Å². The number of aliphatic hydroxyl groups is 1. The van der Waals surface area contributed by atoms with Gasteiger partial charge in [-0.15, -0.1) is 0 Å². The first-order valence-electron chi connectivity index (χ1n) is 5.46. The minimum atomic E-state index is 0.0261. The number of hydrogen-bond acceptors (Lipinski definition) is 3. The number of rotatable bonds is 4. The number of aliphatic hydroxyl groups excluding tert-OH is 1. The number of hydrogen-bond donors (Lipinski definition) is 2. The fourth-order valence-corrected chi connectivity index (χ4v) is 2.03. The van der Waals surface area contributed by atoms with Gasteiger partial charge in [0, 0.05) is 12.1 Å². The van der Waals surface area contributed by atoms with E-state index in [1.165, 1.54) is 12.0 Å². The molecule has 3 nitrogen and oxygen atoms in total. The Hall–Kier alpha value is -0.380. The smallest absolute Gasteiger partial charge is 0.0689 e. The van der Waals surface area contributed by atoms with Crippen molar-refractivity contribution in [2.75, 3.05) is 26.4 Å². The topological polar surface area (TPSA) is 41.5 Å². The summed E-state index contributed by atoms with van der Waals surface area (Å²) < 4.78 is 5.36. The zero-order valence-electron chi connectivity index (χ0n) is 8.59. The first-order valence-corrected chi connectivity index (χ1v) is 5.46. The predicted molar refractivity (Wildman–Crippen MR) is 55.2 cm³/mol. The van der Waals surface area contributed by atoms with Crippen molar-refractivity contribution in [3.05, 3.63) is 11.6 Å². The van der Waals surface area contributed by atoms with Crippen LogP contribution in [0.4, 0.5) is 0 Å². The molecule has 14 heavy (non-hydrogen) atoms. The molecule has 1 fully saturated rings. The summed E-state index contributed by atoms with van der Waals surface area (Å²) in [5, 5.41) is 12.7. The monoisotopic (exact) mass is 197 g/mol. The minimum absolute atomic E-state index is 0.0261. The van der Waals surface area contributed by atoms with Crippen molar-refractivity contribution in [2.45, 2.75) is 31.2 Å². The molecule has 0 atom stereocenters. The van der Waals surface area contributed by atoms with Crippen LogP contribution in [0.15, 0.2) is 11.6 Å². The van der Waals surface area contributed by atoms with E-state index in [4.69, 9.17) is 4.74 Å². The van der Waals surface area contributed by atoms with E-state index in [2.05, 4.69) is 11.4 Å². The van der Waals surface area contributed by atoms with Gasteiger partial charge in [-0.3, -0.25) is 0 Å². The van der Waals surface area contributed by atoms with Gasteiger partial charge in [-0.05, 0) is 31.3 Å². The molecule has 0 aromatic carbocycles. The molecule has 2 rings (SSSR count). The molecule has 0 spiro atoms. The molecular weight excluding hydrogens is 178 g/mol. The molecule has 3 heteroatoms. The average Bonchev–Trinajstić information content (AvgIpc) is 2.19. The second-order valence-electron chi connectivity index (χ2n) is 4.35. The quantitative estimate of drug-likeness (QED) is 0.656. The van der Waals surface area contributed by atoms with Crippen LogP contribution in [0.25, 0.3) is 0 Å². The van der Waals surface area contributed by atoms with E-state index < -0.39 is 0 Å². The van der Waals surface area contributed by atoms with Gasteiger partial charge in [0.1, 0.15) is 0 Å². The van der Waals surface area contributed by atoms with Crippen molar-refractivity contribution >= 4 is 0 Å². The normalized spacial score (nSPS) is 25.4. The highest BCUT2D eigenvalue weighted by Crippen LogP contribution is 2.31. The van der Waals surface area contributed by atoms with Gasteiger partial charge < -0.3 is 15.2 Å². The lowest BCUT2D eigenvalue weighted by atomic mass is 9.77. The second-order valence-corrected chi connectivity index (χ2v) is 4.35. The second kappa shape index (κ2) is 4.43. The lowest BCUT2D eigenvalue weighted by molar-refractivity contribution is 0.0883. The third-order valence-electron chi connectivity index (χ3n) is 3.29. The largest absolute Gasteiger partial charge is 0.394 e. The van der Waals surface area contributed by atoms with Gasteiger partial charge in [0.25, 0.3) is 0 Å². The molecule has 0 saturated heterocycles. The Kier molecular flexibility index (Phi) is 3.21. The van der Waals surface area contributed by atoms with E-state index in [0.29, 0.717) is 0 Å². The van der Waals surface area contributed by atoms with E-state index in [9.17, 15) is 5.11 Å². The van der Waals surface area contributed by atoms with Gasteiger partial charge in [0.2, 0.25) is 0 Å². The van der Waals surface area contributed by atoms with Gasteiger partial charge in [-0.25, -0.2) is 0 Å². The van der Waals surface area contributed by atoms with Gasteiger partial charge in [-0.1, -0.05) is 6.08 Å². The molecule has 1 aliphatic heterocycles. The number of nitrogens with one attached hydrogen (secondary N) is 1. The Balaban J connectivity index is 1.78. The first kappa shape index (κ1) is 10.1. The van der Waals surface area contributed by atoms with Gasteiger partial charge in [0.15, 0.2) is 0 Å². The molecule has 2 aliphatic rings. The summed E-state index contributed by atoms with van der Waals surface area (Å²) in [5.41, 5.74) is 1.36. The van der Waals surface area contributed by atoms with E-state index in [0.717, 1.165) is 39.0 Å². The molecule has 1 saturated carbocycles. The van der Waals surface area contributed by atoms with E-state index in [1.807, 2.05) is 0 Å². The molecule has 80 valence electrons. The SMILES string of the molecule is OCC1(NCC2=CCCOC2)CCC1. The fraction of sp³-hybridized carbons (Fsp3) is 0.818. The van der Waals surface area contributed by atoms with Crippen molar-refractivity contribution in [1.82, 2.24) is 5.32 Å². The summed E-state index contributed by atoms with van der Waals surface area (Å²) in [7, 11) is 0. The molecule has 0 amide bonds. The van der Waals surface area contributed by atoms with E-state index in [1.54, 1.807) is 0 Å². The molecule has 0 bridgehead atoms. The Labute approximate surface area is 85.1 Å². The highest BCUT2D eigenvalue weighted by molar-refractivity contribution is 5.09. The zero-order valence-corrected chi connectivity index (χ0v) is 8.59. The molecule has 0 radical (unpaired) electrons. The van der Waals surface area contributed by atoms with Crippen molar-refractivity contribution < 1.29 is 9.84 Å². The van der Waals surface area contributed by atoms with Crippen molar-refractivity contribution in [3.63, 3.8) is 0 Å². The molecule has 1 aliphatic carbocycles. The predicted octanol–water partition coefficient (Wildman–Crippen LogP) is 0.838. The Morgan fingerprint density at radius 3 is 2.86 bits per heavy atom. The summed E-state index contributed by atoms with van der Waals surface area (Å²) in [4.78, 5) is 0. The van der Waals surface area contributed by atoms with Crippen LogP contribution in [0.1, 0.15) is 25.7 Å².